The Morgan fingerprint density at radius 2 is 2.00 bits per heavy atom. The van der Waals surface area contributed by atoms with Gasteiger partial charge in [-0.1, -0.05) is 37.3 Å². The summed E-state index contributed by atoms with van der Waals surface area (Å²) in [5.74, 6) is 0.847. The van der Waals surface area contributed by atoms with E-state index >= 15 is 0 Å². The highest BCUT2D eigenvalue weighted by Gasteiger charge is 2.13. The lowest BCUT2D eigenvalue weighted by Crippen LogP contribution is -2.10. The van der Waals surface area contributed by atoms with Crippen LogP contribution in [0.3, 0.4) is 0 Å². The number of rotatable bonds is 5. The van der Waals surface area contributed by atoms with Crippen molar-refractivity contribution in [1.82, 2.24) is 9.55 Å². The number of nitrogens with zero attached hydrogens (tertiary/aromatic N) is 2. The quantitative estimate of drug-likeness (QED) is 0.515. The Bertz CT molecular complexity index is 1050. The summed E-state index contributed by atoms with van der Waals surface area (Å²) >= 11 is 1.43. The first-order valence-corrected chi connectivity index (χ1v) is 9.55. The number of aromatic nitrogens is 2. The molecular formula is C21H19N3OS. The lowest BCUT2D eigenvalue weighted by Gasteiger charge is -2.10. The molecule has 4 nitrogen and oxygen atoms in total. The molecule has 4 aromatic rings. The van der Waals surface area contributed by atoms with Crippen molar-refractivity contribution in [2.45, 2.75) is 19.9 Å². The zero-order chi connectivity index (χ0) is 17.9. The smallest absolute Gasteiger partial charge is 0.265 e. The average Bonchev–Trinajstić information content (AvgIpc) is 3.31. The predicted octanol–water partition coefficient (Wildman–Crippen LogP) is 5.43. The molecule has 130 valence electrons. The third-order valence-electron chi connectivity index (χ3n) is 4.23. The van der Waals surface area contributed by atoms with Crippen LogP contribution in [0.5, 0.6) is 0 Å². The fourth-order valence-corrected chi connectivity index (χ4v) is 3.70. The van der Waals surface area contributed by atoms with Gasteiger partial charge in [0.15, 0.2) is 0 Å². The molecule has 0 saturated heterocycles. The Morgan fingerprint density at radius 3 is 2.81 bits per heavy atom. The van der Waals surface area contributed by atoms with E-state index in [1.54, 1.807) is 0 Å². The summed E-state index contributed by atoms with van der Waals surface area (Å²) in [6, 6.07) is 19.8. The van der Waals surface area contributed by atoms with Crippen molar-refractivity contribution in [2.75, 3.05) is 5.32 Å². The molecule has 5 heteroatoms. The summed E-state index contributed by atoms with van der Waals surface area (Å²) in [6.45, 7) is 3.07. The molecule has 0 fully saturated rings. The molecule has 0 aliphatic rings. The topological polar surface area (TPSA) is 46.9 Å². The van der Waals surface area contributed by atoms with Crippen LogP contribution in [-0.4, -0.2) is 15.5 Å². The summed E-state index contributed by atoms with van der Waals surface area (Å²) in [6.07, 6.45) is 1.03. The molecule has 0 saturated carbocycles. The molecule has 2 aromatic carbocycles. The zero-order valence-electron chi connectivity index (χ0n) is 14.5. The molecule has 1 amide bonds. The summed E-state index contributed by atoms with van der Waals surface area (Å²) in [5, 5.41) is 4.88. The lowest BCUT2D eigenvalue weighted by molar-refractivity contribution is 0.103. The molecule has 0 bridgehead atoms. The summed E-state index contributed by atoms with van der Waals surface area (Å²) in [7, 11) is 0. The molecular weight excluding hydrogens is 342 g/mol. The summed E-state index contributed by atoms with van der Waals surface area (Å²) in [5.41, 5.74) is 3.90. The molecule has 0 unspecified atom stereocenters. The first-order valence-electron chi connectivity index (χ1n) is 8.67. The Hall–Kier alpha value is -2.92. The van der Waals surface area contributed by atoms with Crippen molar-refractivity contribution >= 4 is 34.0 Å². The number of imidazole rings is 1. The number of carbonyl (C=O) groups is 1. The van der Waals surface area contributed by atoms with Crippen molar-refractivity contribution in [3.8, 4) is 11.4 Å². The molecule has 4 rings (SSSR count). The van der Waals surface area contributed by atoms with Crippen molar-refractivity contribution in [1.29, 1.82) is 0 Å². The van der Waals surface area contributed by atoms with Gasteiger partial charge in [-0.15, -0.1) is 11.3 Å². The maximum Gasteiger partial charge on any atom is 0.265 e. The molecule has 0 radical (unpaired) electrons. The Kier molecular flexibility index (Phi) is 4.54. The van der Waals surface area contributed by atoms with Gasteiger partial charge in [-0.3, -0.25) is 4.79 Å². The number of fused-ring (bicyclic) bond motifs is 1. The van der Waals surface area contributed by atoms with E-state index in [0.717, 1.165) is 41.1 Å². The number of benzene rings is 2. The van der Waals surface area contributed by atoms with Crippen molar-refractivity contribution in [3.05, 3.63) is 70.9 Å². The fourth-order valence-electron chi connectivity index (χ4n) is 3.08. The van der Waals surface area contributed by atoms with Crippen LogP contribution in [0.4, 0.5) is 5.69 Å². The minimum Gasteiger partial charge on any atom is -0.324 e. The highest BCUT2D eigenvalue weighted by Crippen LogP contribution is 2.27. The molecule has 1 N–H and O–H groups in total. The highest BCUT2D eigenvalue weighted by molar-refractivity contribution is 7.12. The van der Waals surface area contributed by atoms with E-state index in [9.17, 15) is 4.79 Å². The van der Waals surface area contributed by atoms with Crippen molar-refractivity contribution in [3.63, 3.8) is 0 Å². The number of carbonyl (C=O) groups excluding carboxylic acids is 1. The first kappa shape index (κ1) is 16.5. The largest absolute Gasteiger partial charge is 0.324 e. The SMILES string of the molecule is CCCn1c(-c2cccc(NC(=O)c3cccs3)c2)nc2ccccc21. The Balaban J connectivity index is 1.71. The highest BCUT2D eigenvalue weighted by atomic mass is 32.1. The number of para-hydroxylation sites is 2. The number of hydrogen-bond acceptors (Lipinski definition) is 3. The van der Waals surface area contributed by atoms with Gasteiger partial charge in [0, 0.05) is 17.8 Å². The van der Waals surface area contributed by atoms with Crippen LogP contribution >= 0.6 is 11.3 Å². The summed E-state index contributed by atoms with van der Waals surface area (Å²) < 4.78 is 2.25. The molecule has 2 aromatic heterocycles. The van der Waals surface area contributed by atoms with E-state index in [-0.39, 0.29) is 5.91 Å². The second-order valence-electron chi connectivity index (χ2n) is 6.09. The molecule has 0 atom stereocenters. The van der Waals surface area contributed by atoms with Gasteiger partial charge in [0.05, 0.1) is 15.9 Å². The van der Waals surface area contributed by atoms with E-state index < -0.39 is 0 Å². The van der Waals surface area contributed by atoms with Crippen LogP contribution in [-0.2, 0) is 6.54 Å². The van der Waals surface area contributed by atoms with E-state index in [1.165, 1.54) is 11.3 Å². The van der Waals surface area contributed by atoms with Gasteiger partial charge >= 0.3 is 0 Å². The number of thiophene rings is 1. The Labute approximate surface area is 156 Å². The predicted molar refractivity (Wildman–Crippen MR) is 108 cm³/mol. The van der Waals surface area contributed by atoms with E-state index in [0.29, 0.717) is 4.88 Å². The van der Waals surface area contributed by atoms with E-state index in [4.69, 9.17) is 4.98 Å². The average molecular weight is 361 g/mol. The van der Waals surface area contributed by atoms with Crippen molar-refractivity contribution in [2.24, 2.45) is 0 Å². The maximum absolute atomic E-state index is 12.3. The second kappa shape index (κ2) is 7.14. The second-order valence-corrected chi connectivity index (χ2v) is 7.04. The molecule has 0 spiro atoms. The number of nitrogens with one attached hydrogen (secondary N) is 1. The van der Waals surface area contributed by atoms with Gasteiger partial charge in [-0.2, -0.15) is 0 Å². The van der Waals surface area contributed by atoms with Gasteiger partial charge in [0.1, 0.15) is 5.82 Å². The van der Waals surface area contributed by atoms with Crippen LogP contribution < -0.4 is 5.32 Å². The van der Waals surface area contributed by atoms with Crippen LogP contribution in [0.2, 0.25) is 0 Å². The first-order chi connectivity index (χ1) is 12.8. The number of amides is 1. The fraction of sp³-hybridized carbons (Fsp3) is 0.143. The monoisotopic (exact) mass is 361 g/mol. The van der Waals surface area contributed by atoms with Crippen LogP contribution in [0.1, 0.15) is 23.0 Å². The minimum absolute atomic E-state index is 0.0841. The number of anilines is 1. The standard InChI is InChI=1S/C21H19N3OS/c1-2-12-24-18-10-4-3-9-17(18)23-20(24)15-7-5-8-16(14-15)22-21(25)19-11-6-13-26-19/h3-11,13-14H,2,12H2,1H3,(H,22,25). The van der Waals surface area contributed by atoms with Gasteiger partial charge in [-0.25, -0.2) is 4.98 Å². The number of hydrogen-bond donors (Lipinski definition) is 1. The molecule has 0 aliphatic carbocycles. The molecule has 0 aliphatic heterocycles. The third kappa shape index (κ3) is 3.13. The zero-order valence-corrected chi connectivity index (χ0v) is 15.3. The van der Waals surface area contributed by atoms with E-state index in [2.05, 4.69) is 22.9 Å². The van der Waals surface area contributed by atoms with Crippen LogP contribution in [0, 0.1) is 0 Å². The lowest BCUT2D eigenvalue weighted by atomic mass is 10.2. The molecule has 26 heavy (non-hydrogen) atoms. The van der Waals surface area contributed by atoms with E-state index in [1.807, 2.05) is 60.0 Å². The normalized spacial score (nSPS) is 11.0. The minimum atomic E-state index is -0.0841. The van der Waals surface area contributed by atoms with Crippen LogP contribution in [0.15, 0.2) is 66.0 Å². The summed E-state index contributed by atoms with van der Waals surface area (Å²) in [4.78, 5) is 17.8. The van der Waals surface area contributed by atoms with Crippen LogP contribution in [0.25, 0.3) is 22.4 Å². The third-order valence-corrected chi connectivity index (χ3v) is 5.09. The Morgan fingerprint density at radius 1 is 1.12 bits per heavy atom. The molecule has 2 heterocycles. The van der Waals surface area contributed by atoms with Gasteiger partial charge in [0.25, 0.3) is 5.91 Å². The van der Waals surface area contributed by atoms with Gasteiger partial charge < -0.3 is 9.88 Å². The maximum atomic E-state index is 12.3. The van der Waals surface area contributed by atoms with Crippen molar-refractivity contribution < 1.29 is 4.79 Å². The van der Waals surface area contributed by atoms with Gasteiger partial charge in [0.2, 0.25) is 0 Å². The number of aryl methyl sites for hydroxylation is 1. The van der Waals surface area contributed by atoms with Gasteiger partial charge in [-0.05, 0) is 42.1 Å².